The summed E-state index contributed by atoms with van der Waals surface area (Å²) < 4.78 is 26.0. The lowest BCUT2D eigenvalue weighted by Gasteiger charge is -2.13. The summed E-state index contributed by atoms with van der Waals surface area (Å²) in [6, 6.07) is 4.34. The van der Waals surface area contributed by atoms with Crippen LogP contribution in [0.1, 0.15) is 0 Å². The third kappa shape index (κ3) is 5.13. The number of imidazole rings is 1. The average molecular weight is 417 g/mol. The minimum absolute atomic E-state index is 0.0944. The van der Waals surface area contributed by atoms with Crippen molar-refractivity contribution >= 4 is 29.8 Å². The second kappa shape index (κ2) is 9.54. The fourth-order valence-corrected chi connectivity index (χ4v) is 2.80. The van der Waals surface area contributed by atoms with Crippen molar-refractivity contribution in [1.82, 2.24) is 14.9 Å². The fraction of sp³-hybridized carbons (Fsp3) is 0.263. The van der Waals surface area contributed by atoms with Crippen molar-refractivity contribution in [3.8, 4) is 0 Å². The van der Waals surface area contributed by atoms with Crippen molar-refractivity contribution in [2.75, 3.05) is 25.1 Å². The molecule has 2 amide bonds. The number of hydrogen-bond donors (Lipinski definition) is 3. The number of aromatic nitrogens is 2. The molecule has 1 aromatic heterocycles. The quantitative estimate of drug-likeness (QED) is 0.546. The SMILES string of the molecule is COC(=O)NCC1CN(c2ccc([NH+]=CC(=CN)Cn3ccnc3)c(F)c2)C(=O)O1. The third-order valence-corrected chi connectivity index (χ3v) is 4.35. The number of allylic oxidation sites excluding steroid dienone is 1. The number of nitrogens with zero attached hydrogens (tertiary/aromatic N) is 3. The summed E-state index contributed by atoms with van der Waals surface area (Å²) in [6.45, 7) is 0.743. The molecule has 1 atom stereocenters. The van der Waals surface area contributed by atoms with Crippen molar-refractivity contribution in [3.05, 3.63) is 54.5 Å². The molecule has 0 saturated carbocycles. The number of nitrogens with one attached hydrogen (secondary N) is 2. The van der Waals surface area contributed by atoms with E-state index in [1.165, 1.54) is 30.3 Å². The lowest BCUT2D eigenvalue weighted by atomic mass is 10.2. The van der Waals surface area contributed by atoms with Gasteiger partial charge in [0, 0.05) is 30.7 Å². The number of anilines is 1. The van der Waals surface area contributed by atoms with Crippen LogP contribution in [-0.2, 0) is 16.0 Å². The average Bonchev–Trinajstić information content (AvgIpc) is 3.39. The molecule has 10 nitrogen and oxygen atoms in total. The fourth-order valence-electron chi connectivity index (χ4n) is 2.80. The predicted octanol–water partition coefficient (Wildman–Crippen LogP) is 0.0291. The highest BCUT2D eigenvalue weighted by atomic mass is 19.1. The van der Waals surface area contributed by atoms with Crippen LogP contribution in [0.15, 0.2) is 48.7 Å². The van der Waals surface area contributed by atoms with Crippen LogP contribution in [-0.4, -0.2) is 54.3 Å². The minimum Gasteiger partial charge on any atom is -0.453 e. The van der Waals surface area contributed by atoms with E-state index in [4.69, 9.17) is 10.5 Å². The Kier molecular flexibility index (Phi) is 6.63. The Bertz CT molecular complexity index is 960. The lowest BCUT2D eigenvalue weighted by Crippen LogP contribution is -2.62. The molecule has 11 heteroatoms. The standard InChI is InChI=1S/C19H21FN6O4/c1-29-18(27)24-9-15-11-26(19(28)30-15)14-2-3-17(16(20)6-14)23-8-13(7-21)10-25-5-4-22-12-25/h2-8,12,15H,9-11,21H2,1H3,(H,24,27)/p+1. The Balaban J connectivity index is 1.64. The zero-order chi connectivity index (χ0) is 21.5. The van der Waals surface area contributed by atoms with Gasteiger partial charge in [-0.15, -0.1) is 0 Å². The van der Waals surface area contributed by atoms with Crippen molar-refractivity contribution < 1.29 is 28.4 Å². The molecule has 0 aliphatic carbocycles. The molecule has 0 radical (unpaired) electrons. The van der Waals surface area contributed by atoms with Gasteiger partial charge in [0.05, 0.1) is 44.3 Å². The van der Waals surface area contributed by atoms with Gasteiger partial charge in [-0.1, -0.05) is 0 Å². The first-order valence-corrected chi connectivity index (χ1v) is 9.06. The maximum Gasteiger partial charge on any atom is 0.414 e. The molecule has 30 heavy (non-hydrogen) atoms. The van der Waals surface area contributed by atoms with E-state index in [1.807, 2.05) is 4.57 Å². The van der Waals surface area contributed by atoms with Crippen LogP contribution in [0.2, 0.25) is 0 Å². The van der Waals surface area contributed by atoms with E-state index >= 15 is 0 Å². The Hall–Kier alpha value is -3.89. The molecule has 2 heterocycles. The molecule has 0 spiro atoms. The normalized spacial score (nSPS) is 16.7. The number of halogens is 1. The second-order valence-corrected chi connectivity index (χ2v) is 6.42. The molecule has 158 valence electrons. The maximum atomic E-state index is 14.6. The highest BCUT2D eigenvalue weighted by Gasteiger charge is 2.33. The highest BCUT2D eigenvalue weighted by Crippen LogP contribution is 2.24. The molecule has 1 aliphatic heterocycles. The van der Waals surface area contributed by atoms with Crippen molar-refractivity contribution in [1.29, 1.82) is 0 Å². The summed E-state index contributed by atoms with van der Waals surface area (Å²) >= 11 is 0. The molecule has 3 rings (SSSR count). The number of methoxy groups -OCH3 is 1. The zero-order valence-electron chi connectivity index (χ0n) is 16.2. The Morgan fingerprint density at radius 3 is 3.03 bits per heavy atom. The van der Waals surface area contributed by atoms with Gasteiger partial charge in [0.2, 0.25) is 5.69 Å². The number of ether oxygens (including phenoxy) is 2. The number of nitrogens with two attached hydrogens (primary N) is 1. The van der Waals surface area contributed by atoms with Crippen LogP contribution in [0.25, 0.3) is 0 Å². The molecule has 1 saturated heterocycles. The van der Waals surface area contributed by atoms with Gasteiger partial charge >= 0.3 is 12.2 Å². The van der Waals surface area contributed by atoms with E-state index in [2.05, 4.69) is 20.0 Å². The molecular formula is C19H22FN6O4+. The van der Waals surface area contributed by atoms with Gasteiger partial charge < -0.3 is 25.1 Å². The smallest absolute Gasteiger partial charge is 0.414 e. The molecule has 2 aromatic rings. The van der Waals surface area contributed by atoms with Crippen LogP contribution < -0.4 is 20.9 Å². The number of benzene rings is 1. The van der Waals surface area contributed by atoms with E-state index < -0.39 is 24.1 Å². The number of carbonyl (C=O) groups is 2. The molecular weight excluding hydrogens is 395 g/mol. The van der Waals surface area contributed by atoms with Crippen molar-refractivity contribution in [3.63, 3.8) is 0 Å². The molecule has 4 N–H and O–H groups in total. The lowest BCUT2D eigenvalue weighted by molar-refractivity contribution is -0.350. The molecule has 0 bridgehead atoms. The monoisotopic (exact) mass is 417 g/mol. The summed E-state index contributed by atoms with van der Waals surface area (Å²) in [5.41, 5.74) is 6.92. The van der Waals surface area contributed by atoms with E-state index in [-0.39, 0.29) is 18.8 Å². The van der Waals surface area contributed by atoms with Gasteiger partial charge in [0.15, 0.2) is 12.0 Å². The van der Waals surface area contributed by atoms with E-state index in [0.29, 0.717) is 12.2 Å². The summed E-state index contributed by atoms with van der Waals surface area (Å²) in [5.74, 6) is -0.549. The van der Waals surface area contributed by atoms with Crippen LogP contribution in [0.3, 0.4) is 0 Å². The van der Waals surface area contributed by atoms with Crippen LogP contribution in [0, 0.1) is 5.82 Å². The van der Waals surface area contributed by atoms with Crippen LogP contribution in [0.4, 0.5) is 25.4 Å². The maximum absolute atomic E-state index is 14.6. The summed E-state index contributed by atoms with van der Waals surface area (Å²) in [4.78, 5) is 31.4. The molecule has 1 fully saturated rings. The van der Waals surface area contributed by atoms with Crippen molar-refractivity contribution in [2.45, 2.75) is 12.6 Å². The van der Waals surface area contributed by atoms with E-state index in [9.17, 15) is 14.0 Å². The van der Waals surface area contributed by atoms with Crippen LogP contribution in [0.5, 0.6) is 0 Å². The third-order valence-electron chi connectivity index (χ3n) is 4.35. The number of cyclic esters (lactones) is 1. The summed E-state index contributed by atoms with van der Waals surface area (Å²) in [6.07, 6.45) is 6.29. The highest BCUT2D eigenvalue weighted by molar-refractivity contribution is 5.90. The van der Waals surface area contributed by atoms with Gasteiger partial charge in [-0.2, -0.15) is 4.39 Å². The molecule has 1 aliphatic rings. The number of amides is 2. The first kappa shape index (κ1) is 20.8. The van der Waals surface area contributed by atoms with E-state index in [0.717, 1.165) is 5.57 Å². The Morgan fingerprint density at radius 2 is 2.37 bits per heavy atom. The number of hydrogen-bond acceptors (Lipinski definition) is 6. The molecule has 1 aromatic carbocycles. The van der Waals surface area contributed by atoms with Gasteiger partial charge in [0.25, 0.3) is 0 Å². The van der Waals surface area contributed by atoms with Crippen molar-refractivity contribution in [2.24, 2.45) is 5.73 Å². The Labute approximate surface area is 171 Å². The Morgan fingerprint density at radius 1 is 1.53 bits per heavy atom. The number of rotatable bonds is 7. The van der Waals surface area contributed by atoms with Gasteiger partial charge in [0.1, 0.15) is 6.10 Å². The predicted molar refractivity (Wildman–Crippen MR) is 106 cm³/mol. The van der Waals surface area contributed by atoms with Gasteiger partial charge in [-0.05, 0) is 6.07 Å². The largest absolute Gasteiger partial charge is 0.453 e. The number of alkyl carbamates (subject to hydrolysis) is 1. The summed E-state index contributed by atoms with van der Waals surface area (Å²) in [7, 11) is 1.24. The minimum atomic E-state index is -0.624. The van der Waals surface area contributed by atoms with Crippen LogP contribution >= 0.6 is 0 Å². The molecule has 1 unspecified atom stereocenters. The number of carbonyl (C=O) groups excluding carboxylic acids is 2. The first-order valence-electron chi connectivity index (χ1n) is 9.06. The first-order chi connectivity index (χ1) is 14.5. The second-order valence-electron chi connectivity index (χ2n) is 6.42. The topological polar surface area (TPSA) is 126 Å². The summed E-state index contributed by atoms with van der Waals surface area (Å²) in [5, 5.41) is 2.46. The van der Waals surface area contributed by atoms with Gasteiger partial charge in [-0.3, -0.25) is 4.90 Å². The van der Waals surface area contributed by atoms with E-state index in [1.54, 1.807) is 31.0 Å². The van der Waals surface area contributed by atoms with Gasteiger partial charge in [-0.25, -0.2) is 19.6 Å². The zero-order valence-corrected chi connectivity index (χ0v) is 16.2.